The van der Waals surface area contributed by atoms with Crippen molar-refractivity contribution in [3.63, 3.8) is 0 Å². The Morgan fingerprint density at radius 3 is 2.72 bits per heavy atom. The van der Waals surface area contributed by atoms with Gasteiger partial charge in [0.2, 0.25) is 17.0 Å². The number of tetrazole rings is 1. The molecule has 242 valence electrons. The van der Waals surface area contributed by atoms with Crippen LogP contribution in [0.15, 0.2) is 44.2 Å². The van der Waals surface area contributed by atoms with Gasteiger partial charge in [0.1, 0.15) is 28.8 Å². The number of carboxylic acids is 1. The smallest absolute Gasteiger partial charge is 0.352 e. The topological polar surface area (TPSA) is 229 Å². The van der Waals surface area contributed by atoms with Crippen molar-refractivity contribution in [2.75, 3.05) is 22.1 Å². The number of urea groups is 1. The summed E-state index contributed by atoms with van der Waals surface area (Å²) in [4.78, 5) is 72.5. The van der Waals surface area contributed by atoms with Gasteiger partial charge in [0.25, 0.3) is 11.5 Å². The Bertz CT molecular complexity index is 1740. The monoisotopic (exact) mass is 687 g/mol. The van der Waals surface area contributed by atoms with Crippen LogP contribution >= 0.6 is 34.9 Å². The summed E-state index contributed by atoms with van der Waals surface area (Å²) in [6, 6.07) is -1.17. The fraction of sp³-hybridized carbons (Fsp3) is 0.423. The summed E-state index contributed by atoms with van der Waals surface area (Å²) in [6.07, 6.45) is 5.43. The summed E-state index contributed by atoms with van der Waals surface area (Å²) in [5.41, 5.74) is 0.187. The molecule has 2 fully saturated rings. The number of nitrogens with one attached hydrogen (secondary N) is 5. The number of rotatable bonds is 11. The van der Waals surface area contributed by atoms with Crippen LogP contribution in [-0.4, -0.2) is 93.0 Å². The molecule has 46 heavy (non-hydrogen) atoms. The number of nitrogens with zero attached hydrogens (tertiary/aromatic N) is 6. The number of aromatic amines is 1. The fourth-order valence-corrected chi connectivity index (χ4v) is 8.40. The Balaban J connectivity index is 1.10. The molecule has 1 saturated carbocycles. The molecule has 6 rings (SSSR count). The van der Waals surface area contributed by atoms with E-state index in [1.807, 2.05) is 0 Å². The Morgan fingerprint density at radius 1 is 1.24 bits per heavy atom. The van der Waals surface area contributed by atoms with E-state index >= 15 is 0 Å². The van der Waals surface area contributed by atoms with Crippen LogP contribution in [0.25, 0.3) is 0 Å². The third kappa shape index (κ3) is 6.58. The molecule has 17 nitrogen and oxygen atoms in total. The zero-order valence-corrected chi connectivity index (χ0v) is 26.7. The summed E-state index contributed by atoms with van der Waals surface area (Å²) in [7, 11) is 1.66. The maximum atomic E-state index is 13.5. The number of β-lactam (4-membered cyclic amide) rings is 1. The van der Waals surface area contributed by atoms with Crippen LogP contribution in [0.2, 0.25) is 0 Å². The SMILES string of the molecule is Cn1nnnc1SCC1=C(C(=O)O)N2C(=O)C(NC(=O)C(NC(=O)Nc3cnc(NC4CCCC4)[nH]c3=O)c3ccsc3)[C@H]2SC1. The fourth-order valence-electron chi connectivity index (χ4n) is 5.38. The van der Waals surface area contributed by atoms with Crippen LogP contribution in [0.5, 0.6) is 0 Å². The summed E-state index contributed by atoms with van der Waals surface area (Å²) in [6.45, 7) is 0. The van der Waals surface area contributed by atoms with Crippen LogP contribution in [-0.2, 0) is 21.4 Å². The molecule has 0 aromatic carbocycles. The van der Waals surface area contributed by atoms with Crippen molar-refractivity contribution < 1.29 is 24.3 Å². The van der Waals surface area contributed by atoms with E-state index in [1.54, 1.807) is 23.9 Å². The number of aryl methyl sites for hydroxylation is 1. The molecule has 0 bridgehead atoms. The van der Waals surface area contributed by atoms with Crippen molar-refractivity contribution >= 4 is 70.3 Å². The first-order valence-corrected chi connectivity index (χ1v) is 17.2. The predicted octanol–water partition coefficient (Wildman–Crippen LogP) is 1.10. The number of thioether (sulfide) groups is 2. The van der Waals surface area contributed by atoms with Gasteiger partial charge >= 0.3 is 12.0 Å². The number of thiophene rings is 1. The van der Waals surface area contributed by atoms with Crippen molar-refractivity contribution in [2.24, 2.45) is 7.05 Å². The summed E-state index contributed by atoms with van der Waals surface area (Å²) >= 11 is 3.88. The van der Waals surface area contributed by atoms with E-state index in [0.29, 0.717) is 28.0 Å². The van der Waals surface area contributed by atoms with Crippen LogP contribution in [0.1, 0.15) is 37.3 Å². The number of amides is 4. The van der Waals surface area contributed by atoms with Gasteiger partial charge in [-0.25, -0.2) is 19.3 Å². The Kier molecular flexibility index (Phi) is 9.27. The number of anilines is 2. The number of aliphatic carboxylic acids is 1. The number of hydrogen-bond donors (Lipinski definition) is 6. The molecule has 0 spiro atoms. The molecule has 0 radical (unpaired) electrons. The molecule has 3 aromatic heterocycles. The molecular formula is C26H29N11O6S3. The highest BCUT2D eigenvalue weighted by Gasteiger charge is 2.54. The lowest BCUT2D eigenvalue weighted by molar-refractivity contribution is -0.150. The molecule has 3 atom stereocenters. The molecule has 4 amide bonds. The quantitative estimate of drug-likeness (QED) is 0.123. The van der Waals surface area contributed by atoms with E-state index in [0.717, 1.165) is 25.7 Å². The number of fused-ring (bicyclic) bond motifs is 1. The van der Waals surface area contributed by atoms with Crippen molar-refractivity contribution in [2.45, 2.75) is 54.3 Å². The van der Waals surface area contributed by atoms with Gasteiger partial charge in [0, 0.05) is 24.6 Å². The van der Waals surface area contributed by atoms with E-state index in [9.17, 15) is 29.1 Å². The van der Waals surface area contributed by atoms with Crippen LogP contribution in [0.4, 0.5) is 16.4 Å². The maximum Gasteiger partial charge on any atom is 0.352 e. The molecule has 5 heterocycles. The van der Waals surface area contributed by atoms with Gasteiger partial charge in [-0.15, -0.1) is 16.9 Å². The van der Waals surface area contributed by atoms with E-state index in [4.69, 9.17) is 0 Å². The minimum Gasteiger partial charge on any atom is -0.477 e. The van der Waals surface area contributed by atoms with E-state index in [2.05, 4.69) is 46.8 Å². The first kappa shape index (κ1) is 31.5. The second-order valence-electron chi connectivity index (χ2n) is 10.7. The van der Waals surface area contributed by atoms with Crippen molar-refractivity contribution in [3.8, 4) is 0 Å². The maximum absolute atomic E-state index is 13.5. The molecule has 3 aromatic rings. The summed E-state index contributed by atoms with van der Waals surface area (Å²) < 4.78 is 1.46. The van der Waals surface area contributed by atoms with Crippen molar-refractivity contribution in [1.82, 2.24) is 45.7 Å². The third-order valence-electron chi connectivity index (χ3n) is 7.66. The van der Waals surface area contributed by atoms with Gasteiger partial charge in [-0.3, -0.25) is 24.3 Å². The normalized spacial score (nSPS) is 20.1. The highest BCUT2D eigenvalue weighted by Crippen LogP contribution is 2.41. The Hall–Kier alpha value is -4.43. The number of hydrogen-bond acceptors (Lipinski definition) is 13. The van der Waals surface area contributed by atoms with Crippen molar-refractivity contribution in [1.29, 1.82) is 0 Å². The zero-order chi connectivity index (χ0) is 32.4. The zero-order valence-electron chi connectivity index (χ0n) is 24.3. The molecule has 2 unspecified atom stereocenters. The van der Waals surface area contributed by atoms with Gasteiger partial charge in [-0.05, 0) is 51.2 Å². The van der Waals surface area contributed by atoms with Gasteiger partial charge < -0.3 is 26.4 Å². The number of carbonyl (C=O) groups is 4. The van der Waals surface area contributed by atoms with Crippen LogP contribution < -0.4 is 26.8 Å². The lowest BCUT2D eigenvalue weighted by atomic mass is 10.0. The first-order chi connectivity index (χ1) is 22.2. The minimum atomic E-state index is -1.25. The average molecular weight is 688 g/mol. The Morgan fingerprint density at radius 2 is 2.04 bits per heavy atom. The van der Waals surface area contributed by atoms with Gasteiger partial charge in [-0.1, -0.05) is 24.6 Å². The van der Waals surface area contributed by atoms with Gasteiger partial charge in [-0.2, -0.15) is 11.3 Å². The standard InChI is InChI=1S/C26H29N11O6S3/c1-36-26(33-34-35-36)46-11-13-10-45-22-17(21(40)37(22)18(13)23(41)42)30-20(39)16(12-6-7-44-9-12)31-25(43)29-15-8-27-24(32-19(15)38)28-14-4-2-3-5-14/h6-9,14,16-17,22H,2-5,10-11H2,1H3,(H,30,39)(H,41,42)(H2,29,31,43)(H2,27,28,32,38)/t16?,17?,22-/m1/s1. The third-order valence-corrected chi connectivity index (χ3v) is 10.8. The van der Waals surface area contributed by atoms with Crippen LogP contribution in [0, 0.1) is 0 Å². The largest absolute Gasteiger partial charge is 0.477 e. The second kappa shape index (κ2) is 13.5. The number of carboxylic acid groups (broad SMARTS) is 1. The Labute approximate surface area is 273 Å². The van der Waals surface area contributed by atoms with E-state index in [1.165, 1.54) is 50.6 Å². The molecule has 1 aliphatic carbocycles. The lowest BCUT2D eigenvalue weighted by Gasteiger charge is -2.49. The molecule has 3 aliphatic rings. The van der Waals surface area contributed by atoms with E-state index < -0.39 is 46.8 Å². The summed E-state index contributed by atoms with van der Waals surface area (Å²) in [5.74, 6) is -1.62. The molecule has 20 heteroatoms. The highest BCUT2D eigenvalue weighted by atomic mass is 32.2. The highest BCUT2D eigenvalue weighted by molar-refractivity contribution is 8.01. The number of carbonyl (C=O) groups excluding carboxylic acids is 3. The minimum absolute atomic E-state index is 0.111. The lowest BCUT2D eigenvalue weighted by Crippen LogP contribution is -2.71. The van der Waals surface area contributed by atoms with E-state index in [-0.39, 0.29) is 23.2 Å². The van der Waals surface area contributed by atoms with Gasteiger partial charge in [0.05, 0.1) is 6.20 Å². The summed E-state index contributed by atoms with van der Waals surface area (Å²) in [5, 5.41) is 35.3. The predicted molar refractivity (Wildman–Crippen MR) is 169 cm³/mol. The first-order valence-electron chi connectivity index (χ1n) is 14.2. The average Bonchev–Trinajstić information content (AvgIpc) is 3.83. The number of aromatic nitrogens is 6. The number of H-pyrrole nitrogens is 1. The molecule has 1 saturated heterocycles. The van der Waals surface area contributed by atoms with Gasteiger partial charge in [0.15, 0.2) is 0 Å². The molecule has 2 aliphatic heterocycles. The van der Waals surface area contributed by atoms with Crippen LogP contribution in [0.3, 0.4) is 0 Å². The molecular weight excluding hydrogens is 659 g/mol. The second-order valence-corrected chi connectivity index (χ2v) is 13.5. The molecule has 6 N–H and O–H groups in total. The van der Waals surface area contributed by atoms with Crippen molar-refractivity contribution in [3.05, 3.63) is 50.2 Å².